The first-order valence-corrected chi connectivity index (χ1v) is 6.31. The summed E-state index contributed by atoms with van der Waals surface area (Å²) >= 11 is 0. The number of hydrogen-bond acceptors (Lipinski definition) is 3. The predicted molar refractivity (Wildman–Crippen MR) is 78.7 cm³/mol. The number of aromatic nitrogens is 2. The van der Waals surface area contributed by atoms with E-state index in [1.165, 1.54) is 0 Å². The minimum atomic E-state index is -0.172. The molecule has 0 spiro atoms. The first kappa shape index (κ1) is 12.3. The SMILES string of the molecule is Cc1ccncc1C(=O)Nc1cccc2cccnc12. The smallest absolute Gasteiger partial charge is 0.257 e. The Morgan fingerprint density at radius 2 is 1.95 bits per heavy atom. The van der Waals surface area contributed by atoms with Crippen molar-refractivity contribution in [2.24, 2.45) is 0 Å². The molecule has 4 heteroatoms. The Morgan fingerprint density at radius 3 is 2.80 bits per heavy atom. The Bertz CT molecular complexity index is 778. The molecule has 0 aliphatic heterocycles. The summed E-state index contributed by atoms with van der Waals surface area (Å²) in [4.78, 5) is 20.6. The van der Waals surface area contributed by atoms with Crippen LogP contribution >= 0.6 is 0 Å². The first-order chi connectivity index (χ1) is 9.75. The molecule has 0 bridgehead atoms. The second-order valence-electron chi connectivity index (χ2n) is 4.53. The summed E-state index contributed by atoms with van der Waals surface area (Å²) in [5.74, 6) is -0.172. The second-order valence-corrected chi connectivity index (χ2v) is 4.53. The fourth-order valence-corrected chi connectivity index (χ4v) is 2.10. The average Bonchev–Trinajstić information content (AvgIpc) is 2.48. The predicted octanol–water partition coefficient (Wildman–Crippen LogP) is 3.19. The maximum absolute atomic E-state index is 12.3. The van der Waals surface area contributed by atoms with Crippen molar-refractivity contribution in [1.29, 1.82) is 0 Å². The molecule has 2 heterocycles. The van der Waals surface area contributed by atoms with Gasteiger partial charge in [-0.3, -0.25) is 14.8 Å². The molecule has 20 heavy (non-hydrogen) atoms. The zero-order chi connectivity index (χ0) is 13.9. The lowest BCUT2D eigenvalue weighted by molar-refractivity contribution is 0.102. The number of nitrogens with one attached hydrogen (secondary N) is 1. The highest BCUT2D eigenvalue weighted by Gasteiger charge is 2.11. The first-order valence-electron chi connectivity index (χ1n) is 6.31. The van der Waals surface area contributed by atoms with E-state index in [4.69, 9.17) is 0 Å². The normalized spacial score (nSPS) is 10.4. The summed E-state index contributed by atoms with van der Waals surface area (Å²) in [6.07, 6.45) is 4.96. The molecule has 1 N–H and O–H groups in total. The Morgan fingerprint density at radius 1 is 1.10 bits per heavy atom. The van der Waals surface area contributed by atoms with Gasteiger partial charge >= 0.3 is 0 Å². The van der Waals surface area contributed by atoms with Crippen molar-refractivity contribution in [3.63, 3.8) is 0 Å². The van der Waals surface area contributed by atoms with E-state index in [1.807, 2.05) is 43.3 Å². The van der Waals surface area contributed by atoms with Gasteiger partial charge in [-0.1, -0.05) is 18.2 Å². The fourth-order valence-electron chi connectivity index (χ4n) is 2.10. The van der Waals surface area contributed by atoms with Crippen LogP contribution in [0.5, 0.6) is 0 Å². The van der Waals surface area contributed by atoms with Crippen molar-refractivity contribution in [3.8, 4) is 0 Å². The van der Waals surface area contributed by atoms with Crippen LogP contribution < -0.4 is 5.32 Å². The molecule has 4 nitrogen and oxygen atoms in total. The molecule has 0 atom stereocenters. The lowest BCUT2D eigenvalue weighted by Crippen LogP contribution is -2.14. The van der Waals surface area contributed by atoms with Gasteiger partial charge in [-0.05, 0) is 30.7 Å². The summed E-state index contributed by atoms with van der Waals surface area (Å²) in [5, 5.41) is 3.89. The molecule has 2 aromatic heterocycles. The van der Waals surface area contributed by atoms with E-state index in [1.54, 1.807) is 18.6 Å². The number of hydrogen-bond donors (Lipinski definition) is 1. The van der Waals surface area contributed by atoms with Gasteiger partial charge in [0.1, 0.15) is 0 Å². The zero-order valence-electron chi connectivity index (χ0n) is 11.0. The number of amides is 1. The van der Waals surface area contributed by atoms with Gasteiger partial charge in [-0.25, -0.2) is 0 Å². The van der Waals surface area contributed by atoms with Crippen LogP contribution in [0, 0.1) is 6.92 Å². The molecule has 0 aliphatic rings. The van der Waals surface area contributed by atoms with Crippen LogP contribution in [0.15, 0.2) is 55.0 Å². The van der Waals surface area contributed by atoms with E-state index in [2.05, 4.69) is 15.3 Å². The highest BCUT2D eigenvalue weighted by molar-refractivity contribution is 6.08. The van der Waals surface area contributed by atoms with E-state index < -0.39 is 0 Å². The number of fused-ring (bicyclic) bond motifs is 1. The Kier molecular flexibility index (Phi) is 3.13. The van der Waals surface area contributed by atoms with E-state index in [0.29, 0.717) is 11.3 Å². The number of pyridine rings is 2. The number of benzene rings is 1. The molecule has 0 radical (unpaired) electrons. The zero-order valence-corrected chi connectivity index (χ0v) is 11.0. The molecule has 3 rings (SSSR count). The average molecular weight is 263 g/mol. The number of anilines is 1. The number of rotatable bonds is 2. The van der Waals surface area contributed by atoms with Crippen LogP contribution in [0.3, 0.4) is 0 Å². The maximum atomic E-state index is 12.3. The largest absolute Gasteiger partial charge is 0.320 e. The summed E-state index contributed by atoms with van der Waals surface area (Å²) < 4.78 is 0. The van der Waals surface area contributed by atoms with Gasteiger partial charge in [0, 0.05) is 24.0 Å². The number of aryl methyl sites for hydroxylation is 1. The third-order valence-electron chi connectivity index (χ3n) is 3.16. The minimum absolute atomic E-state index is 0.172. The molecular weight excluding hydrogens is 250 g/mol. The number of nitrogens with zero attached hydrogens (tertiary/aromatic N) is 2. The minimum Gasteiger partial charge on any atom is -0.320 e. The lowest BCUT2D eigenvalue weighted by Gasteiger charge is -2.09. The molecule has 3 aromatic rings. The van der Waals surface area contributed by atoms with Gasteiger partial charge in [-0.2, -0.15) is 0 Å². The van der Waals surface area contributed by atoms with E-state index >= 15 is 0 Å². The van der Waals surface area contributed by atoms with Crippen LogP contribution in [-0.2, 0) is 0 Å². The molecule has 98 valence electrons. The third-order valence-corrected chi connectivity index (χ3v) is 3.16. The van der Waals surface area contributed by atoms with Gasteiger partial charge < -0.3 is 5.32 Å². The Hall–Kier alpha value is -2.75. The Labute approximate surface area is 116 Å². The topological polar surface area (TPSA) is 54.9 Å². The Balaban J connectivity index is 1.98. The third kappa shape index (κ3) is 2.23. The van der Waals surface area contributed by atoms with Crippen LogP contribution in [0.4, 0.5) is 5.69 Å². The van der Waals surface area contributed by atoms with Gasteiger partial charge in [-0.15, -0.1) is 0 Å². The van der Waals surface area contributed by atoms with Crippen LogP contribution in [0.1, 0.15) is 15.9 Å². The number of carbonyl (C=O) groups is 1. The lowest BCUT2D eigenvalue weighted by atomic mass is 10.1. The van der Waals surface area contributed by atoms with Crippen LogP contribution in [-0.4, -0.2) is 15.9 Å². The molecule has 0 aliphatic carbocycles. The highest BCUT2D eigenvalue weighted by atomic mass is 16.1. The van der Waals surface area contributed by atoms with E-state index in [9.17, 15) is 4.79 Å². The molecule has 0 fully saturated rings. The second kappa shape index (κ2) is 5.09. The number of carbonyl (C=O) groups excluding carboxylic acids is 1. The summed E-state index contributed by atoms with van der Waals surface area (Å²) in [6, 6.07) is 11.4. The van der Waals surface area contributed by atoms with Crippen molar-refractivity contribution >= 4 is 22.5 Å². The summed E-state index contributed by atoms with van der Waals surface area (Å²) in [5.41, 5.74) is 2.95. The quantitative estimate of drug-likeness (QED) is 0.772. The molecular formula is C16H13N3O. The molecule has 0 unspecified atom stereocenters. The van der Waals surface area contributed by atoms with Gasteiger partial charge in [0.15, 0.2) is 0 Å². The van der Waals surface area contributed by atoms with Crippen LogP contribution in [0.25, 0.3) is 10.9 Å². The molecule has 0 saturated heterocycles. The van der Waals surface area contributed by atoms with Crippen LogP contribution in [0.2, 0.25) is 0 Å². The van der Waals surface area contributed by atoms with E-state index in [-0.39, 0.29) is 5.91 Å². The summed E-state index contributed by atoms with van der Waals surface area (Å²) in [7, 11) is 0. The van der Waals surface area contributed by atoms with Gasteiger partial charge in [0.25, 0.3) is 5.91 Å². The molecule has 1 amide bonds. The molecule has 1 aromatic carbocycles. The van der Waals surface area contributed by atoms with Gasteiger partial charge in [0.05, 0.1) is 16.8 Å². The standard InChI is InChI=1S/C16H13N3O/c1-11-7-9-17-10-13(11)16(20)19-14-6-2-4-12-5-3-8-18-15(12)14/h2-10H,1H3,(H,19,20). The monoisotopic (exact) mass is 263 g/mol. The highest BCUT2D eigenvalue weighted by Crippen LogP contribution is 2.21. The molecule has 0 saturated carbocycles. The van der Waals surface area contributed by atoms with Crippen molar-refractivity contribution in [2.75, 3.05) is 5.32 Å². The maximum Gasteiger partial charge on any atom is 0.257 e. The number of para-hydroxylation sites is 1. The van der Waals surface area contributed by atoms with E-state index in [0.717, 1.165) is 16.5 Å². The van der Waals surface area contributed by atoms with Crippen molar-refractivity contribution in [2.45, 2.75) is 6.92 Å². The van der Waals surface area contributed by atoms with Gasteiger partial charge in [0.2, 0.25) is 0 Å². The summed E-state index contributed by atoms with van der Waals surface area (Å²) in [6.45, 7) is 1.89. The van der Waals surface area contributed by atoms with Crippen molar-refractivity contribution in [3.05, 3.63) is 66.1 Å². The van der Waals surface area contributed by atoms with Crippen molar-refractivity contribution < 1.29 is 4.79 Å². The van der Waals surface area contributed by atoms with Crippen molar-refractivity contribution in [1.82, 2.24) is 9.97 Å². The fraction of sp³-hybridized carbons (Fsp3) is 0.0625.